The number of anilines is 2. The van der Waals surface area contributed by atoms with Gasteiger partial charge in [0.15, 0.2) is 0 Å². The Bertz CT molecular complexity index is 1400. The molecule has 232 valence electrons. The number of ether oxygens (including phenoxy) is 1. The monoisotopic (exact) mass is 617 g/mol. The number of sulfonamides is 1. The predicted molar refractivity (Wildman–Crippen MR) is 147 cm³/mol. The van der Waals surface area contributed by atoms with E-state index in [0.717, 1.165) is 25.4 Å². The van der Waals surface area contributed by atoms with Crippen molar-refractivity contribution in [3.63, 3.8) is 0 Å². The number of amides is 1. The molecule has 2 fully saturated rings. The summed E-state index contributed by atoms with van der Waals surface area (Å²) in [6.07, 6.45) is -1.44. The normalized spacial score (nSPS) is 20.6. The lowest BCUT2D eigenvalue weighted by Gasteiger charge is -2.32. The van der Waals surface area contributed by atoms with Gasteiger partial charge in [0.25, 0.3) is 5.91 Å². The van der Waals surface area contributed by atoms with E-state index in [-0.39, 0.29) is 35.1 Å². The van der Waals surface area contributed by atoms with Gasteiger partial charge < -0.3 is 15.0 Å². The van der Waals surface area contributed by atoms with Crippen molar-refractivity contribution in [3.8, 4) is 5.75 Å². The van der Waals surface area contributed by atoms with Crippen LogP contribution in [0.5, 0.6) is 5.75 Å². The van der Waals surface area contributed by atoms with Crippen molar-refractivity contribution < 1.29 is 35.5 Å². The molecule has 2 heterocycles. The number of carbonyl (C=O) groups is 1. The number of hydrogen-bond donors (Lipinski definition) is 2. The molecule has 11 nitrogen and oxygen atoms in total. The maximum Gasteiger partial charge on any atom is 0.419 e. The van der Waals surface area contributed by atoms with Crippen molar-refractivity contribution in [2.24, 2.45) is 5.92 Å². The first-order valence-electron chi connectivity index (χ1n) is 13.4. The number of methoxy groups -OCH3 is 1. The van der Waals surface area contributed by atoms with Crippen molar-refractivity contribution in [3.05, 3.63) is 41.0 Å². The summed E-state index contributed by atoms with van der Waals surface area (Å²) in [5, 5.41) is 4.41. The van der Waals surface area contributed by atoms with Gasteiger partial charge in [0, 0.05) is 51.5 Å². The zero-order valence-corrected chi connectivity index (χ0v) is 24.6. The molecular formula is C26H35F4N7O4S. The number of nitrogens with zero attached hydrogens (tertiary/aromatic N) is 5. The summed E-state index contributed by atoms with van der Waals surface area (Å²) in [6, 6.07) is 1.72. The van der Waals surface area contributed by atoms with E-state index in [1.54, 1.807) is 5.01 Å². The number of alkyl halides is 3. The molecule has 1 saturated carbocycles. The third-order valence-electron chi connectivity index (χ3n) is 7.78. The summed E-state index contributed by atoms with van der Waals surface area (Å²) in [5.74, 6) is -2.12. The molecule has 1 aliphatic heterocycles. The Morgan fingerprint density at radius 1 is 1.19 bits per heavy atom. The van der Waals surface area contributed by atoms with Crippen molar-refractivity contribution in [2.75, 3.05) is 59.0 Å². The molecule has 1 aliphatic carbocycles. The first-order valence-corrected chi connectivity index (χ1v) is 15.3. The average Bonchev–Trinajstić information content (AvgIpc) is 3.36. The molecule has 0 spiro atoms. The number of likely N-dealkylation sites (N-methyl/N-ethyl adjacent to an activating group) is 1. The van der Waals surface area contributed by atoms with E-state index in [0.29, 0.717) is 38.5 Å². The van der Waals surface area contributed by atoms with Crippen LogP contribution in [0.1, 0.15) is 40.9 Å². The van der Waals surface area contributed by atoms with E-state index < -0.39 is 45.4 Å². The van der Waals surface area contributed by atoms with Crippen LogP contribution in [0.4, 0.5) is 29.2 Å². The Morgan fingerprint density at radius 3 is 2.50 bits per heavy atom. The lowest BCUT2D eigenvalue weighted by Crippen LogP contribution is -2.52. The minimum absolute atomic E-state index is 0.00686. The quantitative estimate of drug-likeness (QED) is 0.410. The Hall–Kier alpha value is -3.08. The fraction of sp³-hybridized carbons (Fsp3) is 0.577. The molecule has 16 heteroatoms. The van der Waals surface area contributed by atoms with Gasteiger partial charge in [-0.25, -0.2) is 32.1 Å². The number of piperazine rings is 1. The third-order valence-corrected chi connectivity index (χ3v) is 9.10. The molecule has 0 radical (unpaired) electrons. The van der Waals surface area contributed by atoms with Gasteiger partial charge in [0.05, 0.1) is 35.9 Å². The first-order chi connectivity index (χ1) is 19.7. The van der Waals surface area contributed by atoms with Crippen LogP contribution < -0.4 is 15.5 Å². The molecular weight excluding hydrogens is 582 g/mol. The number of hydrogen-bond acceptors (Lipinski definition) is 9. The van der Waals surface area contributed by atoms with Gasteiger partial charge in [-0.05, 0) is 38.3 Å². The summed E-state index contributed by atoms with van der Waals surface area (Å²) in [4.78, 5) is 22.8. The maximum atomic E-state index is 15.1. The average molecular weight is 618 g/mol. The van der Waals surface area contributed by atoms with E-state index in [4.69, 9.17) is 4.74 Å². The number of halogens is 4. The maximum absolute atomic E-state index is 15.1. The van der Waals surface area contributed by atoms with Crippen LogP contribution in [-0.4, -0.2) is 98.2 Å². The van der Waals surface area contributed by atoms with E-state index >= 15 is 4.39 Å². The summed E-state index contributed by atoms with van der Waals surface area (Å²) in [7, 11) is 1.14. The topological polar surface area (TPSA) is 120 Å². The van der Waals surface area contributed by atoms with E-state index in [2.05, 4.69) is 25.6 Å². The van der Waals surface area contributed by atoms with Gasteiger partial charge in [0.2, 0.25) is 16.0 Å². The van der Waals surface area contributed by atoms with Gasteiger partial charge in [-0.3, -0.25) is 10.2 Å². The Kier molecular flexibility index (Phi) is 9.59. The minimum atomic E-state index is -4.74. The van der Waals surface area contributed by atoms with Gasteiger partial charge in [-0.1, -0.05) is 6.42 Å². The first kappa shape index (κ1) is 31.8. The summed E-state index contributed by atoms with van der Waals surface area (Å²) < 4.78 is 87.5. The summed E-state index contributed by atoms with van der Waals surface area (Å²) in [5.41, 5.74) is 1.08. The fourth-order valence-corrected chi connectivity index (χ4v) is 6.10. The second-order valence-electron chi connectivity index (χ2n) is 10.7. The lowest BCUT2D eigenvalue weighted by atomic mass is 9.95. The van der Waals surface area contributed by atoms with Crippen molar-refractivity contribution >= 4 is 27.6 Å². The van der Waals surface area contributed by atoms with Crippen molar-refractivity contribution in [1.82, 2.24) is 29.6 Å². The number of aromatic nitrogens is 2. The number of hydrazine groups is 1. The molecule has 0 unspecified atom stereocenters. The molecule has 2 aliphatic rings. The highest BCUT2D eigenvalue weighted by molar-refractivity contribution is 7.88. The third kappa shape index (κ3) is 7.46. The number of rotatable bonds is 9. The van der Waals surface area contributed by atoms with Crippen LogP contribution in [0.25, 0.3) is 0 Å². The highest BCUT2D eigenvalue weighted by Gasteiger charge is 2.39. The Labute approximate surface area is 242 Å². The molecule has 2 N–H and O–H groups in total. The van der Waals surface area contributed by atoms with Gasteiger partial charge in [-0.2, -0.15) is 13.2 Å². The van der Waals surface area contributed by atoms with Crippen molar-refractivity contribution in [1.29, 1.82) is 0 Å². The Morgan fingerprint density at radius 2 is 1.88 bits per heavy atom. The lowest BCUT2D eigenvalue weighted by molar-refractivity contribution is -0.138. The van der Waals surface area contributed by atoms with Crippen LogP contribution in [0.2, 0.25) is 0 Å². The SMILES string of the molecule is COc1cc(C(=O)NN2CCN(C)CC2)c(F)cc1Nc1ncc(C(F)(F)F)c(C[C@@H]2CCC[C@H]2N(C)S(C)(=O)=O)n1. The van der Waals surface area contributed by atoms with Crippen LogP contribution in [0.3, 0.4) is 0 Å². The van der Waals surface area contributed by atoms with Gasteiger partial charge in [-0.15, -0.1) is 0 Å². The number of benzene rings is 1. The Balaban J connectivity index is 1.58. The largest absolute Gasteiger partial charge is 0.495 e. The second kappa shape index (κ2) is 12.7. The van der Waals surface area contributed by atoms with Gasteiger partial charge >= 0.3 is 6.18 Å². The van der Waals surface area contributed by atoms with E-state index in [9.17, 15) is 26.4 Å². The molecule has 1 aromatic carbocycles. The number of nitrogens with one attached hydrogen (secondary N) is 2. The summed E-state index contributed by atoms with van der Waals surface area (Å²) in [6.45, 7) is 2.61. The fourth-order valence-electron chi connectivity index (χ4n) is 5.33. The summed E-state index contributed by atoms with van der Waals surface area (Å²) >= 11 is 0. The van der Waals surface area contributed by atoms with E-state index in [1.807, 2.05) is 7.05 Å². The molecule has 1 saturated heterocycles. The zero-order chi connectivity index (χ0) is 30.8. The molecule has 1 amide bonds. The van der Waals surface area contributed by atoms with Crippen LogP contribution >= 0.6 is 0 Å². The predicted octanol–water partition coefficient (Wildman–Crippen LogP) is 2.88. The molecule has 2 atom stereocenters. The second-order valence-corrected chi connectivity index (χ2v) is 12.7. The molecule has 2 aromatic rings. The zero-order valence-electron chi connectivity index (χ0n) is 23.8. The standard InChI is InChI=1S/C26H35F4N7O4S/c1-35-8-10-37(11-9-35)34-24(38)17-13-23(41-3)21(14-19(17)27)33-25-31-15-18(26(28,29)30)20(32-25)12-16-6-5-7-22(16)36(2)42(4,39)40/h13-16,22H,5-12H2,1-4H3,(H,34,38)(H,31,32,33)/t16-,22+/m0/s1. The molecule has 42 heavy (non-hydrogen) atoms. The molecule has 1 aromatic heterocycles. The highest BCUT2D eigenvalue weighted by Crippen LogP contribution is 2.38. The van der Waals surface area contributed by atoms with Crippen LogP contribution in [-0.2, 0) is 22.6 Å². The van der Waals surface area contributed by atoms with Crippen molar-refractivity contribution in [2.45, 2.75) is 37.9 Å². The number of carbonyl (C=O) groups excluding carboxylic acids is 1. The molecule has 4 rings (SSSR count). The highest BCUT2D eigenvalue weighted by atomic mass is 32.2. The molecule has 0 bridgehead atoms. The van der Waals surface area contributed by atoms with Gasteiger partial charge in [0.1, 0.15) is 11.6 Å². The van der Waals surface area contributed by atoms with Crippen LogP contribution in [0, 0.1) is 11.7 Å². The minimum Gasteiger partial charge on any atom is -0.495 e. The van der Waals surface area contributed by atoms with E-state index in [1.165, 1.54) is 24.5 Å². The smallest absolute Gasteiger partial charge is 0.419 e. The van der Waals surface area contributed by atoms with Crippen LogP contribution in [0.15, 0.2) is 18.3 Å².